The third-order valence-corrected chi connectivity index (χ3v) is 4.42. The van der Waals surface area contributed by atoms with Gasteiger partial charge in [-0.05, 0) is 25.0 Å². The molecule has 1 saturated heterocycles. The van der Waals surface area contributed by atoms with Gasteiger partial charge in [0.2, 0.25) is 0 Å². The van der Waals surface area contributed by atoms with Gasteiger partial charge in [0.25, 0.3) is 0 Å². The van der Waals surface area contributed by atoms with Crippen molar-refractivity contribution >= 4 is 17.3 Å². The molecule has 112 valence electrons. The Morgan fingerprint density at radius 1 is 1.38 bits per heavy atom. The predicted molar refractivity (Wildman–Crippen MR) is 86.7 cm³/mol. The molecule has 3 rings (SSSR count). The average Bonchev–Trinajstić information content (AvgIpc) is 2.91. The maximum Gasteiger partial charge on any atom is 0.0945 e. The maximum atomic E-state index is 6.31. The van der Waals surface area contributed by atoms with E-state index in [2.05, 4.69) is 25.8 Å². The first-order valence-corrected chi connectivity index (χ1v) is 7.80. The van der Waals surface area contributed by atoms with Crippen LogP contribution in [0.5, 0.6) is 0 Å². The second kappa shape index (κ2) is 6.50. The first kappa shape index (κ1) is 14.4. The van der Waals surface area contributed by atoms with Gasteiger partial charge in [-0.25, -0.2) is 4.98 Å². The number of para-hydroxylation sites is 1. The minimum absolute atomic E-state index is 0.491. The number of piperidine rings is 1. The molecule has 0 bridgehead atoms. The summed E-state index contributed by atoms with van der Waals surface area (Å²) in [7, 11) is 2.03. The van der Waals surface area contributed by atoms with Crippen molar-refractivity contribution in [3.05, 3.63) is 47.5 Å². The van der Waals surface area contributed by atoms with Crippen LogP contribution in [-0.2, 0) is 13.6 Å². The zero-order valence-corrected chi connectivity index (χ0v) is 13.1. The molecule has 0 amide bonds. The van der Waals surface area contributed by atoms with Crippen molar-refractivity contribution < 1.29 is 0 Å². The molecule has 0 saturated carbocycles. The molecule has 1 N–H and O–H groups in total. The van der Waals surface area contributed by atoms with Crippen LogP contribution in [0, 0.1) is 0 Å². The van der Waals surface area contributed by atoms with Crippen LogP contribution in [0.2, 0.25) is 5.02 Å². The third-order valence-electron chi connectivity index (χ3n) is 4.10. The van der Waals surface area contributed by atoms with Gasteiger partial charge in [0.05, 0.1) is 22.7 Å². The number of hydrogen-bond acceptors (Lipinski definition) is 3. The second-order valence-electron chi connectivity index (χ2n) is 5.61. The van der Waals surface area contributed by atoms with Gasteiger partial charge in [0.15, 0.2) is 0 Å². The first-order valence-electron chi connectivity index (χ1n) is 7.42. The van der Waals surface area contributed by atoms with Crippen LogP contribution < -0.4 is 10.2 Å². The first-order chi connectivity index (χ1) is 10.2. The third kappa shape index (κ3) is 3.39. The molecular formula is C16H21ClN4. The summed E-state index contributed by atoms with van der Waals surface area (Å²) < 4.78 is 2.06. The zero-order chi connectivity index (χ0) is 14.7. The van der Waals surface area contributed by atoms with Gasteiger partial charge in [-0.15, -0.1) is 0 Å². The topological polar surface area (TPSA) is 33.1 Å². The van der Waals surface area contributed by atoms with E-state index in [1.54, 1.807) is 0 Å². The van der Waals surface area contributed by atoms with Crippen molar-refractivity contribution in [3.8, 4) is 0 Å². The molecule has 0 radical (unpaired) electrons. The molecular weight excluding hydrogens is 284 g/mol. The summed E-state index contributed by atoms with van der Waals surface area (Å²) in [5, 5.41) is 4.48. The number of halogens is 1. The summed E-state index contributed by atoms with van der Waals surface area (Å²) in [6, 6.07) is 8.59. The second-order valence-corrected chi connectivity index (χ2v) is 6.02. The molecule has 0 aliphatic carbocycles. The lowest BCUT2D eigenvalue weighted by Crippen LogP contribution is -2.45. The van der Waals surface area contributed by atoms with E-state index in [9.17, 15) is 0 Å². The molecule has 1 aromatic carbocycles. The van der Waals surface area contributed by atoms with Crippen LogP contribution in [0.1, 0.15) is 18.5 Å². The lowest BCUT2D eigenvalue weighted by Gasteiger charge is -2.35. The van der Waals surface area contributed by atoms with E-state index in [-0.39, 0.29) is 0 Å². The van der Waals surface area contributed by atoms with Crippen LogP contribution in [-0.4, -0.2) is 28.7 Å². The molecule has 1 aliphatic rings. The minimum Gasteiger partial charge on any atom is -0.369 e. The molecule has 5 heteroatoms. The van der Waals surface area contributed by atoms with Gasteiger partial charge < -0.3 is 14.8 Å². The Hall–Kier alpha value is -1.52. The zero-order valence-electron chi connectivity index (χ0n) is 12.3. The standard InChI is InChI=1S/C16H21ClN4/c1-20-12-18-9-14(20)10-19-13-5-4-8-21(11-13)16-7-3-2-6-15(16)17/h2-3,6-7,9,12-13,19H,4-5,8,10-11H2,1H3. The average molecular weight is 305 g/mol. The Morgan fingerprint density at radius 3 is 3.00 bits per heavy atom. The van der Waals surface area contributed by atoms with Gasteiger partial charge in [-0.1, -0.05) is 23.7 Å². The summed E-state index contributed by atoms with van der Waals surface area (Å²) in [6.07, 6.45) is 6.16. The Labute approximate surface area is 130 Å². The molecule has 1 aliphatic heterocycles. The SMILES string of the molecule is Cn1cncc1CNC1CCCN(c2ccccc2Cl)C1. The van der Waals surface area contributed by atoms with E-state index in [1.165, 1.54) is 18.5 Å². The number of hydrogen-bond donors (Lipinski definition) is 1. The number of anilines is 1. The lowest BCUT2D eigenvalue weighted by atomic mass is 10.0. The molecule has 4 nitrogen and oxygen atoms in total. The summed E-state index contributed by atoms with van der Waals surface area (Å²) in [6.45, 7) is 2.94. The molecule has 1 atom stereocenters. The molecule has 21 heavy (non-hydrogen) atoms. The van der Waals surface area contributed by atoms with Gasteiger partial charge in [0, 0.05) is 38.9 Å². The molecule has 2 heterocycles. The molecule has 2 aromatic rings. The summed E-state index contributed by atoms with van der Waals surface area (Å²) in [5.74, 6) is 0. The van der Waals surface area contributed by atoms with Crippen molar-refractivity contribution in [1.29, 1.82) is 0 Å². The van der Waals surface area contributed by atoms with Gasteiger partial charge in [0.1, 0.15) is 0 Å². The molecule has 0 spiro atoms. The van der Waals surface area contributed by atoms with E-state index in [4.69, 9.17) is 11.6 Å². The van der Waals surface area contributed by atoms with E-state index in [0.29, 0.717) is 6.04 Å². The molecule has 1 unspecified atom stereocenters. The lowest BCUT2D eigenvalue weighted by molar-refractivity contribution is 0.417. The fourth-order valence-corrected chi connectivity index (χ4v) is 3.13. The smallest absolute Gasteiger partial charge is 0.0945 e. The number of rotatable bonds is 4. The van der Waals surface area contributed by atoms with Crippen LogP contribution in [0.15, 0.2) is 36.8 Å². The Morgan fingerprint density at radius 2 is 2.24 bits per heavy atom. The largest absolute Gasteiger partial charge is 0.369 e. The van der Waals surface area contributed by atoms with E-state index in [0.717, 1.165) is 30.3 Å². The fraction of sp³-hybridized carbons (Fsp3) is 0.438. The predicted octanol–water partition coefficient (Wildman–Crippen LogP) is 2.83. The van der Waals surface area contributed by atoms with E-state index in [1.807, 2.05) is 37.8 Å². The summed E-state index contributed by atoms with van der Waals surface area (Å²) in [4.78, 5) is 6.54. The van der Waals surface area contributed by atoms with Crippen LogP contribution in [0.4, 0.5) is 5.69 Å². The highest BCUT2D eigenvalue weighted by molar-refractivity contribution is 6.33. The number of nitrogens with one attached hydrogen (secondary N) is 1. The Balaban J connectivity index is 1.61. The van der Waals surface area contributed by atoms with Gasteiger partial charge in [-0.3, -0.25) is 0 Å². The highest BCUT2D eigenvalue weighted by atomic mass is 35.5. The Bertz CT molecular complexity index is 595. The fourth-order valence-electron chi connectivity index (χ4n) is 2.87. The highest BCUT2D eigenvalue weighted by Crippen LogP contribution is 2.27. The van der Waals surface area contributed by atoms with Crippen LogP contribution in [0.3, 0.4) is 0 Å². The molecule has 1 fully saturated rings. The van der Waals surface area contributed by atoms with E-state index < -0.39 is 0 Å². The minimum atomic E-state index is 0.491. The van der Waals surface area contributed by atoms with E-state index >= 15 is 0 Å². The summed E-state index contributed by atoms with van der Waals surface area (Å²) in [5.41, 5.74) is 2.36. The number of aromatic nitrogens is 2. The number of aryl methyl sites for hydroxylation is 1. The molecule has 1 aromatic heterocycles. The Kier molecular flexibility index (Phi) is 4.46. The van der Waals surface area contributed by atoms with Crippen molar-refractivity contribution in [2.75, 3.05) is 18.0 Å². The van der Waals surface area contributed by atoms with Crippen molar-refractivity contribution in [2.45, 2.75) is 25.4 Å². The van der Waals surface area contributed by atoms with Crippen LogP contribution in [0.25, 0.3) is 0 Å². The van der Waals surface area contributed by atoms with Crippen molar-refractivity contribution in [3.63, 3.8) is 0 Å². The van der Waals surface area contributed by atoms with Gasteiger partial charge in [-0.2, -0.15) is 0 Å². The van der Waals surface area contributed by atoms with Crippen molar-refractivity contribution in [2.24, 2.45) is 7.05 Å². The number of imidazole rings is 1. The normalized spacial score (nSPS) is 19.0. The quantitative estimate of drug-likeness (QED) is 0.943. The highest BCUT2D eigenvalue weighted by Gasteiger charge is 2.21. The van der Waals surface area contributed by atoms with Crippen molar-refractivity contribution in [1.82, 2.24) is 14.9 Å². The maximum absolute atomic E-state index is 6.31. The van der Waals surface area contributed by atoms with Gasteiger partial charge >= 0.3 is 0 Å². The number of nitrogens with zero attached hydrogens (tertiary/aromatic N) is 3. The monoisotopic (exact) mass is 304 g/mol. The number of benzene rings is 1. The van der Waals surface area contributed by atoms with Crippen LogP contribution >= 0.6 is 11.6 Å². The summed E-state index contributed by atoms with van der Waals surface area (Å²) >= 11 is 6.31.